The first-order valence-corrected chi connectivity index (χ1v) is 12.9. The van der Waals surface area contributed by atoms with Gasteiger partial charge in [0.25, 0.3) is 5.91 Å². The summed E-state index contributed by atoms with van der Waals surface area (Å²) >= 11 is 2.88. The number of nitrogens with zero attached hydrogens (tertiary/aromatic N) is 5. The van der Waals surface area contributed by atoms with Crippen LogP contribution in [0.5, 0.6) is 0 Å². The maximum Gasteiger partial charge on any atom is 0.264 e. The van der Waals surface area contributed by atoms with E-state index in [1.54, 1.807) is 0 Å². The first-order valence-electron chi connectivity index (χ1n) is 11.1. The van der Waals surface area contributed by atoms with Crippen molar-refractivity contribution >= 4 is 62.5 Å². The fraction of sp³-hybridized carbons (Fsp3) is 0.200. The second-order valence-electron chi connectivity index (χ2n) is 8.11. The number of thioether (sulfide) groups is 1. The van der Waals surface area contributed by atoms with Crippen molar-refractivity contribution in [2.45, 2.75) is 5.16 Å². The number of piperazine rings is 1. The Kier molecular flexibility index (Phi) is 5.43. The minimum Gasteiger partial charge on any atom is -0.338 e. The molecular formula is C25H21N5O2S2. The third-order valence-electron chi connectivity index (χ3n) is 6.09. The summed E-state index contributed by atoms with van der Waals surface area (Å²) in [6.45, 7) is 2.20. The van der Waals surface area contributed by atoms with Gasteiger partial charge in [-0.05, 0) is 35.7 Å². The third-order valence-corrected chi connectivity index (χ3v) is 7.87. The molecule has 4 heterocycles. The van der Waals surface area contributed by atoms with Gasteiger partial charge in [0.1, 0.15) is 5.65 Å². The Morgan fingerprint density at radius 1 is 0.853 bits per heavy atom. The molecule has 34 heavy (non-hydrogen) atoms. The van der Waals surface area contributed by atoms with Crippen LogP contribution in [0.1, 0.15) is 9.67 Å². The van der Waals surface area contributed by atoms with Crippen molar-refractivity contribution in [1.29, 1.82) is 0 Å². The van der Waals surface area contributed by atoms with E-state index in [2.05, 4.69) is 0 Å². The molecule has 0 aliphatic carbocycles. The van der Waals surface area contributed by atoms with Gasteiger partial charge >= 0.3 is 0 Å². The molecule has 1 aliphatic rings. The van der Waals surface area contributed by atoms with Crippen molar-refractivity contribution in [2.24, 2.45) is 0 Å². The maximum absolute atomic E-state index is 13.0. The predicted molar refractivity (Wildman–Crippen MR) is 136 cm³/mol. The van der Waals surface area contributed by atoms with Gasteiger partial charge in [-0.15, -0.1) is 11.3 Å². The highest BCUT2D eigenvalue weighted by Gasteiger charge is 2.25. The third kappa shape index (κ3) is 3.70. The van der Waals surface area contributed by atoms with E-state index in [1.165, 1.54) is 23.1 Å². The smallest absolute Gasteiger partial charge is 0.264 e. The molecular weight excluding hydrogens is 466 g/mol. The summed E-state index contributed by atoms with van der Waals surface area (Å²) in [7, 11) is 0. The van der Waals surface area contributed by atoms with E-state index in [4.69, 9.17) is 9.97 Å². The molecule has 170 valence electrons. The lowest BCUT2D eigenvalue weighted by Crippen LogP contribution is -2.51. The Hall–Kier alpha value is -3.43. The number of aromatic nitrogens is 3. The van der Waals surface area contributed by atoms with E-state index in [9.17, 15) is 9.59 Å². The fourth-order valence-corrected chi connectivity index (χ4v) is 5.95. The molecule has 1 aliphatic heterocycles. The van der Waals surface area contributed by atoms with Crippen molar-refractivity contribution < 1.29 is 9.59 Å². The molecule has 2 aromatic carbocycles. The van der Waals surface area contributed by atoms with Gasteiger partial charge in [-0.3, -0.25) is 14.0 Å². The van der Waals surface area contributed by atoms with Crippen LogP contribution in [0.4, 0.5) is 0 Å². The van der Waals surface area contributed by atoms with Crippen molar-refractivity contribution in [1.82, 2.24) is 24.2 Å². The summed E-state index contributed by atoms with van der Waals surface area (Å²) in [6.07, 6.45) is 0. The summed E-state index contributed by atoms with van der Waals surface area (Å²) in [6, 6.07) is 19.7. The fourth-order valence-electron chi connectivity index (χ4n) is 4.34. The Balaban J connectivity index is 1.21. The topological polar surface area (TPSA) is 70.8 Å². The zero-order chi connectivity index (χ0) is 23.1. The Bertz CT molecular complexity index is 1520. The standard InChI is InChI=1S/C25H21N5O2S2/c31-22(28-11-13-29(14-12-28)24(32)21-10-5-15-33-21)16-34-25-27-18-7-2-1-6-17(18)23-26-19-8-3-4-9-20(19)30(23)25/h1-10,15H,11-14,16H2. The minimum atomic E-state index is 0.0474. The van der Waals surface area contributed by atoms with Gasteiger partial charge in [0.2, 0.25) is 5.91 Å². The number of hydrogen-bond acceptors (Lipinski definition) is 6. The average Bonchev–Trinajstić information content (AvgIpc) is 3.55. The van der Waals surface area contributed by atoms with Gasteiger partial charge in [-0.2, -0.15) is 0 Å². The normalized spacial score (nSPS) is 14.4. The first kappa shape index (κ1) is 21.1. The van der Waals surface area contributed by atoms with Crippen LogP contribution in [-0.4, -0.2) is 67.9 Å². The SMILES string of the molecule is O=C(CSc1nc2ccccc2c2nc3ccccc3n12)N1CCN(C(=O)c2cccs2)CC1. The summed E-state index contributed by atoms with van der Waals surface area (Å²) in [5.41, 5.74) is 3.59. The second kappa shape index (κ2) is 8.73. The number of benzene rings is 2. The largest absolute Gasteiger partial charge is 0.338 e. The van der Waals surface area contributed by atoms with Crippen LogP contribution in [0.25, 0.3) is 27.6 Å². The van der Waals surface area contributed by atoms with Crippen molar-refractivity contribution in [2.75, 3.05) is 31.9 Å². The Morgan fingerprint density at radius 2 is 1.59 bits per heavy atom. The molecule has 0 bridgehead atoms. The highest BCUT2D eigenvalue weighted by atomic mass is 32.2. The number of thiophene rings is 1. The molecule has 0 atom stereocenters. The molecule has 6 rings (SSSR count). The van der Waals surface area contributed by atoms with Crippen LogP contribution in [0, 0.1) is 0 Å². The zero-order valence-corrected chi connectivity index (χ0v) is 19.9. The lowest BCUT2D eigenvalue weighted by atomic mass is 10.2. The van der Waals surface area contributed by atoms with E-state index in [0.29, 0.717) is 26.2 Å². The summed E-state index contributed by atoms with van der Waals surface area (Å²) in [4.78, 5) is 39.7. The molecule has 1 fully saturated rings. The van der Waals surface area contributed by atoms with Crippen LogP contribution >= 0.6 is 23.1 Å². The summed E-state index contributed by atoms with van der Waals surface area (Å²) in [5.74, 6) is 0.387. The molecule has 7 nitrogen and oxygen atoms in total. The van der Waals surface area contributed by atoms with Crippen molar-refractivity contribution in [3.05, 3.63) is 70.9 Å². The lowest BCUT2D eigenvalue weighted by Gasteiger charge is -2.34. The zero-order valence-electron chi connectivity index (χ0n) is 18.3. The highest BCUT2D eigenvalue weighted by molar-refractivity contribution is 7.99. The monoisotopic (exact) mass is 487 g/mol. The van der Waals surface area contributed by atoms with Gasteiger partial charge in [-0.25, -0.2) is 9.97 Å². The van der Waals surface area contributed by atoms with Crippen LogP contribution in [-0.2, 0) is 4.79 Å². The molecule has 0 spiro atoms. The second-order valence-corrected chi connectivity index (χ2v) is 10.0. The van der Waals surface area contributed by atoms with E-state index < -0.39 is 0 Å². The number of carbonyl (C=O) groups excluding carboxylic acids is 2. The number of imidazole rings is 1. The van der Waals surface area contributed by atoms with Crippen molar-refractivity contribution in [3.8, 4) is 0 Å². The summed E-state index contributed by atoms with van der Waals surface area (Å²) in [5, 5.41) is 3.65. The van der Waals surface area contributed by atoms with Crippen LogP contribution in [0.15, 0.2) is 71.2 Å². The molecule has 0 unspecified atom stereocenters. The number of amides is 2. The molecule has 2 amide bonds. The summed E-state index contributed by atoms with van der Waals surface area (Å²) < 4.78 is 2.05. The molecule has 3 aromatic heterocycles. The highest BCUT2D eigenvalue weighted by Crippen LogP contribution is 2.29. The van der Waals surface area contributed by atoms with E-state index >= 15 is 0 Å². The number of carbonyl (C=O) groups is 2. The van der Waals surface area contributed by atoms with Gasteiger partial charge in [0.15, 0.2) is 5.16 Å². The van der Waals surface area contributed by atoms with Crippen LogP contribution in [0.2, 0.25) is 0 Å². The predicted octanol–water partition coefficient (Wildman–Crippen LogP) is 4.17. The number of rotatable bonds is 4. The Labute approximate surface area is 204 Å². The van der Waals surface area contributed by atoms with E-state index in [0.717, 1.165) is 37.6 Å². The lowest BCUT2D eigenvalue weighted by molar-refractivity contribution is -0.129. The number of para-hydroxylation sites is 3. The number of fused-ring (bicyclic) bond motifs is 5. The van der Waals surface area contributed by atoms with Gasteiger partial charge in [0.05, 0.1) is 27.2 Å². The van der Waals surface area contributed by atoms with Crippen LogP contribution in [0.3, 0.4) is 0 Å². The molecule has 1 saturated heterocycles. The minimum absolute atomic E-state index is 0.0474. The first-order chi connectivity index (χ1) is 16.7. The van der Waals surface area contributed by atoms with Crippen molar-refractivity contribution in [3.63, 3.8) is 0 Å². The van der Waals surface area contributed by atoms with E-state index in [-0.39, 0.29) is 17.6 Å². The number of hydrogen-bond donors (Lipinski definition) is 0. The maximum atomic E-state index is 13.0. The van der Waals surface area contributed by atoms with Gasteiger partial charge in [0, 0.05) is 31.6 Å². The molecule has 9 heteroatoms. The average molecular weight is 488 g/mol. The van der Waals surface area contributed by atoms with Crippen LogP contribution < -0.4 is 0 Å². The van der Waals surface area contributed by atoms with Gasteiger partial charge in [-0.1, -0.05) is 42.1 Å². The molecule has 5 aromatic rings. The Morgan fingerprint density at radius 3 is 2.38 bits per heavy atom. The quantitative estimate of drug-likeness (QED) is 0.281. The molecule has 0 saturated carbocycles. The van der Waals surface area contributed by atoms with E-state index in [1.807, 2.05) is 80.2 Å². The molecule has 0 radical (unpaired) electrons. The van der Waals surface area contributed by atoms with Gasteiger partial charge < -0.3 is 9.80 Å². The molecule has 0 N–H and O–H groups in total.